The number of carbonyl (C=O) groups excluding carboxylic acids is 2. The SMILES string of the molecule is CC(COCc1cn(CC(=O)Nc2ccc(O[C@@H]3OC(CO)[C@H](O)C(O)[C@@H]3O)cc2)nn1)(COCc1cn(CC(=O)Nc2ccc(O[C@@H]3OC(CO)[C@H](O)C(O)[C@@H]3O)cc2)nn1)CO[PH](=O)O. The van der Waals surface area contributed by atoms with E-state index in [4.69, 9.17) is 32.9 Å². The van der Waals surface area contributed by atoms with Crippen molar-refractivity contribution in [1.29, 1.82) is 0 Å². The molecule has 0 bridgehead atoms. The highest BCUT2D eigenvalue weighted by Gasteiger charge is 2.46. The molecule has 5 unspecified atom stereocenters. The Morgan fingerprint density at radius 1 is 0.657 bits per heavy atom. The highest BCUT2D eigenvalue weighted by molar-refractivity contribution is 7.32. The van der Waals surface area contributed by atoms with Crippen molar-refractivity contribution in [3.05, 3.63) is 72.3 Å². The molecule has 2 aromatic carbocycles. The molecule has 0 saturated carbocycles. The van der Waals surface area contributed by atoms with Crippen LogP contribution in [0.25, 0.3) is 0 Å². The van der Waals surface area contributed by atoms with Crippen LogP contribution in [0.2, 0.25) is 0 Å². The predicted octanol–water partition coefficient (Wildman–Crippen LogP) is -3.36. The lowest BCUT2D eigenvalue weighted by Gasteiger charge is -2.39. The predicted molar refractivity (Wildman–Crippen MR) is 224 cm³/mol. The van der Waals surface area contributed by atoms with Gasteiger partial charge in [0.25, 0.3) is 0 Å². The highest BCUT2D eigenvalue weighted by atomic mass is 31.1. The molecule has 0 radical (unpaired) electrons. The Balaban J connectivity index is 0.905. The van der Waals surface area contributed by atoms with Gasteiger partial charge in [0.2, 0.25) is 24.4 Å². The van der Waals surface area contributed by atoms with Gasteiger partial charge in [-0.15, -0.1) is 10.2 Å². The lowest BCUT2D eigenvalue weighted by atomic mass is 9.94. The molecule has 2 aliphatic rings. The van der Waals surface area contributed by atoms with Gasteiger partial charge in [-0.2, -0.15) is 0 Å². The molecule has 2 saturated heterocycles. The summed E-state index contributed by atoms with van der Waals surface area (Å²) in [7, 11) is -3.29. The van der Waals surface area contributed by atoms with Crippen LogP contribution in [0.4, 0.5) is 11.4 Å². The maximum absolute atomic E-state index is 12.7. The number of amides is 2. The van der Waals surface area contributed by atoms with E-state index >= 15 is 0 Å². The molecule has 11 atom stereocenters. The van der Waals surface area contributed by atoms with Gasteiger partial charge in [-0.25, -0.2) is 9.36 Å². The maximum atomic E-state index is 12.7. The molecule has 0 spiro atoms. The molecule has 11 N–H and O–H groups in total. The maximum Gasteiger partial charge on any atom is 0.316 e. The van der Waals surface area contributed by atoms with Crippen molar-refractivity contribution in [2.45, 2.75) is 94.6 Å². The molecule has 2 aliphatic heterocycles. The molecule has 6 rings (SSSR count). The van der Waals surface area contributed by atoms with Crippen molar-refractivity contribution >= 4 is 31.4 Å². The van der Waals surface area contributed by atoms with Gasteiger partial charge in [0.15, 0.2) is 0 Å². The second kappa shape index (κ2) is 23.8. The summed E-state index contributed by atoms with van der Waals surface area (Å²) in [6.45, 7) is -0.244. The molecule has 4 heterocycles. The van der Waals surface area contributed by atoms with Gasteiger partial charge in [-0.1, -0.05) is 17.4 Å². The molecule has 67 heavy (non-hydrogen) atoms. The van der Waals surface area contributed by atoms with E-state index in [9.17, 15) is 59.9 Å². The smallest absolute Gasteiger partial charge is 0.316 e. The zero-order chi connectivity index (χ0) is 48.3. The standard InChI is InChI=1S/C39H53N8O19P/c1-39(20-62-67(58)59,18-60-16-23-10-46(44-42-23)12-29(50)40-21-2-6-25(7-3-21)63-37-35(56)33(54)31(52)27(14-48)65-37)19-61-17-24-11-47(45-43-24)13-30(51)41-22-4-8-26(9-5-22)64-38-36(57)34(55)32(53)28(15-49)66-38/h2-11,27-28,31-38,48-49,52-57,67H,12-20H2,1H3,(H,40,50)(H,41,51)(H,58,59)/t27?,28?,31-,32-,33?,34?,35-,36-,37+,38+,39?/m0/s1. The fourth-order valence-electron chi connectivity index (χ4n) is 6.66. The lowest BCUT2D eigenvalue weighted by Crippen LogP contribution is -2.60. The number of carbonyl (C=O) groups is 2. The summed E-state index contributed by atoms with van der Waals surface area (Å²) in [6.07, 6.45) is -11.4. The molecule has 2 aromatic heterocycles. The molecule has 28 heteroatoms. The van der Waals surface area contributed by atoms with Crippen LogP contribution in [0.3, 0.4) is 0 Å². The van der Waals surface area contributed by atoms with E-state index in [-0.39, 0.29) is 57.6 Å². The fraction of sp³-hybridized carbons (Fsp3) is 0.538. The van der Waals surface area contributed by atoms with Gasteiger partial charge in [0.1, 0.15) is 84.8 Å². The van der Waals surface area contributed by atoms with Gasteiger partial charge in [0, 0.05) is 16.8 Å². The minimum absolute atomic E-state index is 0.0146. The number of nitrogens with one attached hydrogen (secondary N) is 2. The summed E-state index contributed by atoms with van der Waals surface area (Å²) in [5.41, 5.74) is 0.608. The third-order valence-electron chi connectivity index (χ3n) is 10.2. The number of rotatable bonds is 23. The second-order valence-corrected chi connectivity index (χ2v) is 16.8. The summed E-state index contributed by atoms with van der Waals surface area (Å²) in [4.78, 5) is 34.8. The minimum Gasteiger partial charge on any atom is -0.462 e. The Bertz CT molecular complexity index is 2070. The molecule has 27 nitrogen and oxygen atoms in total. The Hall–Kier alpha value is -5.07. The minimum atomic E-state index is -3.29. The van der Waals surface area contributed by atoms with E-state index in [0.29, 0.717) is 22.8 Å². The third-order valence-corrected chi connectivity index (χ3v) is 10.6. The van der Waals surface area contributed by atoms with E-state index in [2.05, 4.69) is 31.3 Å². The number of hydrogen-bond donors (Lipinski definition) is 11. The number of ether oxygens (including phenoxy) is 6. The van der Waals surface area contributed by atoms with E-state index in [1.807, 2.05) is 0 Å². The number of anilines is 2. The fourth-order valence-corrected chi connectivity index (χ4v) is 7.13. The topological polar surface area (TPSA) is 383 Å². The largest absolute Gasteiger partial charge is 0.462 e. The van der Waals surface area contributed by atoms with Crippen molar-refractivity contribution in [2.75, 3.05) is 43.7 Å². The normalized spacial score (nSPS) is 26.6. The van der Waals surface area contributed by atoms with Gasteiger partial charge >= 0.3 is 8.25 Å². The van der Waals surface area contributed by atoms with Crippen molar-refractivity contribution in [1.82, 2.24) is 30.0 Å². The number of nitrogens with zero attached hydrogens (tertiary/aromatic N) is 6. The Kier molecular flexibility index (Phi) is 18.2. The second-order valence-electron chi connectivity index (χ2n) is 15.9. The quantitative estimate of drug-likeness (QED) is 0.0323. The zero-order valence-corrected chi connectivity index (χ0v) is 36.7. The van der Waals surface area contributed by atoms with Crippen LogP contribution in [-0.4, -0.2) is 182 Å². The summed E-state index contributed by atoms with van der Waals surface area (Å²) in [6, 6.07) is 12.0. The number of aliphatic hydroxyl groups is 8. The third kappa shape index (κ3) is 14.5. The van der Waals surface area contributed by atoms with Gasteiger partial charge in [-0.3, -0.25) is 14.2 Å². The number of hydrogen-bond acceptors (Lipinski definition) is 22. The van der Waals surface area contributed by atoms with Crippen LogP contribution in [0.1, 0.15) is 18.3 Å². The Labute approximate surface area is 381 Å². The van der Waals surface area contributed by atoms with Crippen LogP contribution >= 0.6 is 8.25 Å². The molecule has 368 valence electrons. The lowest BCUT2D eigenvalue weighted by molar-refractivity contribution is -0.277. The summed E-state index contributed by atoms with van der Waals surface area (Å²) < 4.78 is 52.5. The summed E-state index contributed by atoms with van der Waals surface area (Å²) >= 11 is 0. The van der Waals surface area contributed by atoms with Crippen LogP contribution < -0.4 is 20.1 Å². The molecular formula is C39H53N8O19P. The molecule has 4 aromatic rings. The first kappa shape index (κ1) is 51.3. The van der Waals surface area contributed by atoms with Crippen molar-refractivity contribution < 1.29 is 92.8 Å². The van der Waals surface area contributed by atoms with Crippen molar-refractivity contribution in [2.24, 2.45) is 5.41 Å². The van der Waals surface area contributed by atoms with Gasteiger partial charge in [0.05, 0.1) is 58.6 Å². The van der Waals surface area contributed by atoms with Gasteiger partial charge in [-0.05, 0) is 48.5 Å². The Morgan fingerprint density at radius 2 is 1.06 bits per heavy atom. The number of benzene rings is 2. The number of aliphatic hydroxyl groups excluding tert-OH is 8. The van der Waals surface area contributed by atoms with E-state index in [0.717, 1.165) is 0 Å². The number of aromatic nitrogens is 6. The molecule has 0 aliphatic carbocycles. The molecule has 2 fully saturated rings. The van der Waals surface area contributed by atoms with Crippen LogP contribution in [0, 0.1) is 5.41 Å². The summed E-state index contributed by atoms with van der Waals surface area (Å²) in [5, 5.41) is 100. The van der Waals surface area contributed by atoms with Gasteiger partial charge < -0.3 is 89.3 Å². The van der Waals surface area contributed by atoms with Crippen LogP contribution in [0.15, 0.2) is 60.9 Å². The zero-order valence-electron chi connectivity index (χ0n) is 35.7. The van der Waals surface area contributed by atoms with Crippen LogP contribution in [0.5, 0.6) is 11.5 Å². The van der Waals surface area contributed by atoms with E-state index < -0.39 is 100 Å². The average Bonchev–Trinajstić information content (AvgIpc) is 3.95. The highest BCUT2D eigenvalue weighted by Crippen LogP contribution is 2.28. The monoisotopic (exact) mass is 968 g/mol. The summed E-state index contributed by atoms with van der Waals surface area (Å²) in [5.74, 6) is -0.467. The Morgan fingerprint density at radius 3 is 1.43 bits per heavy atom. The first-order valence-electron chi connectivity index (χ1n) is 20.6. The van der Waals surface area contributed by atoms with E-state index in [1.54, 1.807) is 6.92 Å². The first-order chi connectivity index (χ1) is 32.0. The average molecular weight is 969 g/mol. The van der Waals surface area contributed by atoms with Crippen LogP contribution in [-0.2, 0) is 63.9 Å². The van der Waals surface area contributed by atoms with Crippen molar-refractivity contribution in [3.8, 4) is 11.5 Å². The van der Waals surface area contributed by atoms with E-state index in [1.165, 1.54) is 70.3 Å². The van der Waals surface area contributed by atoms with Crippen molar-refractivity contribution in [3.63, 3.8) is 0 Å². The molecular weight excluding hydrogens is 915 g/mol. The first-order valence-corrected chi connectivity index (χ1v) is 21.8. The molecule has 2 amide bonds.